The van der Waals surface area contributed by atoms with Gasteiger partial charge in [-0.05, 0) is 36.5 Å². The molecule has 2 rings (SSSR count). The molecule has 0 fully saturated rings. The number of rotatable bonds is 6. The molecular formula is C17H26N2O3. The number of benzene rings is 1. The molecule has 122 valence electrons. The maximum absolute atomic E-state index is 11.7. The Kier molecular flexibility index (Phi) is 5.29. The topological polar surface area (TPSA) is 70.6 Å². The lowest BCUT2D eigenvalue weighted by Crippen LogP contribution is -2.47. The van der Waals surface area contributed by atoms with E-state index in [4.69, 9.17) is 4.74 Å². The van der Waals surface area contributed by atoms with Crippen LogP contribution in [0.5, 0.6) is 5.75 Å². The van der Waals surface area contributed by atoms with Gasteiger partial charge in [0.25, 0.3) is 0 Å². The van der Waals surface area contributed by atoms with Gasteiger partial charge in [0.15, 0.2) is 0 Å². The van der Waals surface area contributed by atoms with Crippen molar-refractivity contribution in [2.24, 2.45) is 5.92 Å². The van der Waals surface area contributed by atoms with Crippen molar-refractivity contribution in [2.45, 2.75) is 39.2 Å². The fourth-order valence-electron chi connectivity index (χ4n) is 2.24. The van der Waals surface area contributed by atoms with Crippen LogP contribution in [0.1, 0.15) is 31.9 Å². The van der Waals surface area contributed by atoms with Crippen LogP contribution in [0.2, 0.25) is 0 Å². The van der Waals surface area contributed by atoms with Crippen LogP contribution in [0.15, 0.2) is 18.2 Å². The Hall–Kier alpha value is -1.75. The fourth-order valence-corrected chi connectivity index (χ4v) is 2.24. The van der Waals surface area contributed by atoms with Gasteiger partial charge in [0.1, 0.15) is 5.75 Å². The summed E-state index contributed by atoms with van der Waals surface area (Å²) in [6.45, 7) is 7.15. The van der Waals surface area contributed by atoms with E-state index in [-0.39, 0.29) is 18.5 Å². The highest BCUT2D eigenvalue weighted by Gasteiger charge is 2.25. The van der Waals surface area contributed by atoms with Gasteiger partial charge in [-0.15, -0.1) is 0 Å². The van der Waals surface area contributed by atoms with Crippen molar-refractivity contribution in [3.05, 3.63) is 29.3 Å². The van der Waals surface area contributed by atoms with Gasteiger partial charge in [-0.3, -0.25) is 0 Å². The van der Waals surface area contributed by atoms with Gasteiger partial charge in [0.05, 0.1) is 12.2 Å². The zero-order valence-corrected chi connectivity index (χ0v) is 13.6. The average Bonchev–Trinajstić information content (AvgIpc) is 2.92. The molecule has 22 heavy (non-hydrogen) atoms. The van der Waals surface area contributed by atoms with Gasteiger partial charge in [0, 0.05) is 19.5 Å². The normalized spacial score (nSPS) is 15.9. The van der Waals surface area contributed by atoms with E-state index >= 15 is 0 Å². The van der Waals surface area contributed by atoms with Crippen molar-refractivity contribution in [3.8, 4) is 5.75 Å². The Labute approximate surface area is 132 Å². The molecule has 0 bridgehead atoms. The van der Waals surface area contributed by atoms with Crippen molar-refractivity contribution in [1.82, 2.24) is 10.6 Å². The first-order valence-electron chi connectivity index (χ1n) is 7.87. The third-order valence-corrected chi connectivity index (χ3v) is 4.30. The number of carbonyl (C=O) groups excluding carboxylic acids is 1. The van der Waals surface area contributed by atoms with Crippen molar-refractivity contribution in [1.29, 1.82) is 0 Å². The Morgan fingerprint density at radius 1 is 1.41 bits per heavy atom. The molecule has 0 saturated heterocycles. The molecule has 1 aliphatic rings. The highest BCUT2D eigenvalue weighted by Crippen LogP contribution is 2.25. The summed E-state index contributed by atoms with van der Waals surface area (Å²) in [6, 6.07) is 5.93. The third-order valence-electron chi connectivity index (χ3n) is 4.30. The van der Waals surface area contributed by atoms with Gasteiger partial charge in [-0.25, -0.2) is 4.79 Å². The predicted octanol–water partition coefficient (Wildman–Crippen LogP) is 1.87. The minimum absolute atomic E-state index is 0.0847. The number of urea groups is 1. The molecule has 0 aromatic heterocycles. The highest BCUT2D eigenvalue weighted by molar-refractivity contribution is 5.73. The van der Waals surface area contributed by atoms with Crippen LogP contribution in [-0.4, -0.2) is 36.4 Å². The van der Waals surface area contributed by atoms with E-state index in [1.165, 1.54) is 11.1 Å². The smallest absolute Gasteiger partial charge is 0.314 e. The number of carbonyl (C=O) groups is 1. The second-order valence-corrected chi connectivity index (χ2v) is 6.41. The monoisotopic (exact) mass is 306 g/mol. The van der Waals surface area contributed by atoms with Gasteiger partial charge in [-0.2, -0.15) is 0 Å². The van der Waals surface area contributed by atoms with Crippen LogP contribution in [0.25, 0.3) is 0 Å². The first kappa shape index (κ1) is 16.6. The SMILES string of the molecule is CC(C)C(C)(O)CNC(=O)NCCc1ccc2c(c1)CCO2. The van der Waals surface area contributed by atoms with Crippen LogP contribution in [0.4, 0.5) is 4.79 Å². The lowest BCUT2D eigenvalue weighted by atomic mass is 9.93. The standard InChI is InChI=1S/C17H26N2O3/c1-12(2)17(3,21)11-19-16(20)18-8-6-13-4-5-15-14(10-13)7-9-22-15/h4-5,10,12,21H,6-9,11H2,1-3H3,(H2,18,19,20). The summed E-state index contributed by atoms with van der Waals surface area (Å²) in [4.78, 5) is 11.7. The molecule has 1 unspecified atom stereocenters. The van der Waals surface area contributed by atoms with E-state index in [2.05, 4.69) is 16.7 Å². The zero-order valence-electron chi connectivity index (χ0n) is 13.6. The largest absolute Gasteiger partial charge is 0.493 e. The van der Waals surface area contributed by atoms with Crippen LogP contribution in [-0.2, 0) is 12.8 Å². The molecular weight excluding hydrogens is 280 g/mol. The summed E-state index contributed by atoms with van der Waals surface area (Å²) in [5, 5.41) is 15.6. The van der Waals surface area contributed by atoms with Crippen molar-refractivity contribution in [3.63, 3.8) is 0 Å². The average molecular weight is 306 g/mol. The Morgan fingerprint density at radius 2 is 2.18 bits per heavy atom. The van der Waals surface area contributed by atoms with E-state index in [9.17, 15) is 9.90 Å². The molecule has 1 atom stereocenters. The summed E-state index contributed by atoms with van der Waals surface area (Å²) in [5.74, 6) is 1.06. The molecule has 5 heteroatoms. The second kappa shape index (κ2) is 7.01. The van der Waals surface area contributed by atoms with Gasteiger partial charge in [0.2, 0.25) is 0 Å². The van der Waals surface area contributed by atoms with E-state index in [0.717, 1.165) is 25.2 Å². The predicted molar refractivity (Wildman–Crippen MR) is 86.2 cm³/mol. The molecule has 0 spiro atoms. The molecule has 1 heterocycles. The molecule has 1 aromatic carbocycles. The van der Waals surface area contributed by atoms with Crippen molar-refractivity contribution in [2.75, 3.05) is 19.7 Å². The first-order chi connectivity index (χ1) is 10.4. The molecule has 0 radical (unpaired) electrons. The maximum atomic E-state index is 11.7. The Balaban J connectivity index is 1.71. The summed E-state index contributed by atoms with van der Waals surface area (Å²) in [7, 11) is 0. The summed E-state index contributed by atoms with van der Waals surface area (Å²) in [5.41, 5.74) is 1.55. The molecule has 1 aromatic rings. The fraction of sp³-hybridized carbons (Fsp3) is 0.588. The minimum Gasteiger partial charge on any atom is -0.493 e. The van der Waals surface area contributed by atoms with Crippen LogP contribution >= 0.6 is 0 Å². The highest BCUT2D eigenvalue weighted by atomic mass is 16.5. The number of fused-ring (bicyclic) bond motifs is 1. The zero-order chi connectivity index (χ0) is 16.2. The van der Waals surface area contributed by atoms with Crippen molar-refractivity contribution >= 4 is 6.03 Å². The molecule has 0 aliphatic carbocycles. The number of amides is 2. The van der Waals surface area contributed by atoms with Crippen LogP contribution in [0.3, 0.4) is 0 Å². The van der Waals surface area contributed by atoms with E-state index in [0.29, 0.717) is 6.54 Å². The lowest BCUT2D eigenvalue weighted by Gasteiger charge is -2.27. The minimum atomic E-state index is -0.892. The van der Waals surface area contributed by atoms with Crippen LogP contribution in [0, 0.1) is 5.92 Å². The van der Waals surface area contributed by atoms with Gasteiger partial charge in [-0.1, -0.05) is 26.0 Å². The van der Waals surface area contributed by atoms with E-state index in [1.807, 2.05) is 26.0 Å². The maximum Gasteiger partial charge on any atom is 0.314 e. The van der Waals surface area contributed by atoms with E-state index < -0.39 is 5.60 Å². The lowest BCUT2D eigenvalue weighted by molar-refractivity contribution is 0.0166. The number of hydrogen-bond donors (Lipinski definition) is 3. The Morgan fingerprint density at radius 3 is 2.91 bits per heavy atom. The summed E-state index contributed by atoms with van der Waals surface area (Å²) >= 11 is 0. The van der Waals surface area contributed by atoms with Gasteiger partial charge >= 0.3 is 6.03 Å². The Bertz CT molecular complexity index is 527. The molecule has 2 amide bonds. The second-order valence-electron chi connectivity index (χ2n) is 6.41. The van der Waals surface area contributed by atoms with E-state index in [1.54, 1.807) is 6.92 Å². The summed E-state index contributed by atoms with van der Waals surface area (Å²) in [6.07, 6.45) is 1.74. The molecule has 1 aliphatic heterocycles. The number of aliphatic hydroxyl groups is 1. The quantitative estimate of drug-likeness (QED) is 0.751. The number of ether oxygens (including phenoxy) is 1. The number of nitrogens with one attached hydrogen (secondary N) is 2. The third kappa shape index (κ3) is 4.37. The first-order valence-corrected chi connectivity index (χ1v) is 7.87. The molecule has 3 N–H and O–H groups in total. The molecule has 0 saturated carbocycles. The van der Waals surface area contributed by atoms with Gasteiger partial charge < -0.3 is 20.5 Å². The number of hydrogen-bond acceptors (Lipinski definition) is 3. The van der Waals surface area contributed by atoms with Crippen molar-refractivity contribution < 1.29 is 14.6 Å². The van der Waals surface area contributed by atoms with Crippen LogP contribution < -0.4 is 15.4 Å². The summed E-state index contributed by atoms with van der Waals surface area (Å²) < 4.78 is 5.48. The molecule has 5 nitrogen and oxygen atoms in total.